The van der Waals surface area contributed by atoms with Crippen LogP contribution in [0.1, 0.15) is 42.5 Å². The SMILES string of the molecule is CNC(Cc1ccc(C(C)C)cc1)c1cccc(Br)c1. The molecule has 1 nitrogen and oxygen atoms in total. The van der Waals surface area contributed by atoms with Crippen LogP contribution >= 0.6 is 15.9 Å². The summed E-state index contributed by atoms with van der Waals surface area (Å²) in [5, 5.41) is 3.41. The van der Waals surface area contributed by atoms with Crippen LogP contribution in [0.4, 0.5) is 0 Å². The van der Waals surface area contributed by atoms with Crippen molar-refractivity contribution in [1.82, 2.24) is 5.32 Å². The highest BCUT2D eigenvalue weighted by molar-refractivity contribution is 9.10. The number of benzene rings is 2. The van der Waals surface area contributed by atoms with Crippen molar-refractivity contribution in [1.29, 1.82) is 0 Å². The molecular formula is C18H22BrN. The van der Waals surface area contributed by atoms with Crippen LogP contribution in [0.15, 0.2) is 53.0 Å². The standard InChI is InChI=1S/C18H22BrN/c1-13(2)15-9-7-14(8-10-15)11-18(20-3)16-5-4-6-17(19)12-16/h4-10,12-13,18,20H,11H2,1-3H3. The number of halogens is 1. The minimum atomic E-state index is 0.345. The quantitative estimate of drug-likeness (QED) is 0.805. The topological polar surface area (TPSA) is 12.0 Å². The third-order valence-corrected chi connectivity index (χ3v) is 4.18. The summed E-state index contributed by atoms with van der Waals surface area (Å²) in [5.41, 5.74) is 4.08. The van der Waals surface area contributed by atoms with Gasteiger partial charge in [-0.25, -0.2) is 0 Å². The Labute approximate surface area is 130 Å². The van der Waals surface area contributed by atoms with Gasteiger partial charge in [-0.2, -0.15) is 0 Å². The molecule has 1 N–H and O–H groups in total. The normalized spacial score (nSPS) is 12.7. The van der Waals surface area contributed by atoms with E-state index in [4.69, 9.17) is 0 Å². The Morgan fingerprint density at radius 2 is 1.70 bits per heavy atom. The maximum atomic E-state index is 3.54. The summed E-state index contributed by atoms with van der Waals surface area (Å²) in [5.74, 6) is 0.592. The van der Waals surface area contributed by atoms with Crippen LogP contribution in [0.2, 0.25) is 0 Å². The second-order valence-corrected chi connectivity index (χ2v) is 6.41. The molecule has 1 unspecified atom stereocenters. The van der Waals surface area contributed by atoms with E-state index in [-0.39, 0.29) is 0 Å². The molecule has 1 atom stereocenters. The Bertz CT molecular complexity index is 546. The van der Waals surface area contributed by atoms with E-state index in [1.165, 1.54) is 16.7 Å². The smallest absolute Gasteiger partial charge is 0.0358 e. The van der Waals surface area contributed by atoms with Gasteiger partial charge in [0.25, 0.3) is 0 Å². The maximum absolute atomic E-state index is 3.54. The Kier molecular flexibility index (Phi) is 5.38. The average molecular weight is 332 g/mol. The molecule has 0 heterocycles. The largest absolute Gasteiger partial charge is 0.313 e. The second-order valence-electron chi connectivity index (χ2n) is 5.50. The van der Waals surface area contributed by atoms with E-state index in [1.54, 1.807) is 0 Å². The summed E-state index contributed by atoms with van der Waals surface area (Å²) >= 11 is 3.54. The summed E-state index contributed by atoms with van der Waals surface area (Å²) in [6.45, 7) is 4.46. The monoisotopic (exact) mass is 331 g/mol. The first-order valence-electron chi connectivity index (χ1n) is 7.11. The molecule has 0 saturated heterocycles. The van der Waals surface area contributed by atoms with E-state index < -0.39 is 0 Å². The van der Waals surface area contributed by atoms with E-state index in [9.17, 15) is 0 Å². The van der Waals surface area contributed by atoms with Gasteiger partial charge in [0.2, 0.25) is 0 Å². The van der Waals surface area contributed by atoms with Crippen molar-refractivity contribution < 1.29 is 0 Å². The fourth-order valence-electron chi connectivity index (χ4n) is 2.38. The Hall–Kier alpha value is -1.12. The fraction of sp³-hybridized carbons (Fsp3) is 0.333. The van der Waals surface area contributed by atoms with Crippen LogP contribution in [0, 0.1) is 0 Å². The number of hydrogen-bond acceptors (Lipinski definition) is 1. The van der Waals surface area contributed by atoms with Crippen LogP contribution in [0.25, 0.3) is 0 Å². The van der Waals surface area contributed by atoms with Gasteiger partial charge in [-0.15, -0.1) is 0 Å². The van der Waals surface area contributed by atoms with Gasteiger partial charge in [0.05, 0.1) is 0 Å². The van der Waals surface area contributed by atoms with Crippen molar-refractivity contribution in [3.05, 3.63) is 69.7 Å². The maximum Gasteiger partial charge on any atom is 0.0358 e. The van der Waals surface area contributed by atoms with Crippen molar-refractivity contribution >= 4 is 15.9 Å². The molecular weight excluding hydrogens is 310 g/mol. The molecule has 0 aliphatic carbocycles. The molecule has 106 valence electrons. The third-order valence-electron chi connectivity index (χ3n) is 3.69. The number of likely N-dealkylation sites (N-methyl/N-ethyl adjacent to an activating group) is 1. The van der Waals surface area contributed by atoms with Gasteiger partial charge < -0.3 is 5.32 Å². The van der Waals surface area contributed by atoms with Gasteiger partial charge >= 0.3 is 0 Å². The number of rotatable bonds is 5. The Morgan fingerprint density at radius 1 is 1.00 bits per heavy atom. The zero-order valence-corrected chi connectivity index (χ0v) is 13.9. The van der Waals surface area contributed by atoms with Gasteiger partial charge in [0.15, 0.2) is 0 Å². The predicted molar refractivity (Wildman–Crippen MR) is 90.2 cm³/mol. The van der Waals surface area contributed by atoms with Gasteiger partial charge in [-0.3, -0.25) is 0 Å². The lowest BCUT2D eigenvalue weighted by atomic mass is 9.96. The average Bonchev–Trinajstić information content (AvgIpc) is 2.45. The molecule has 20 heavy (non-hydrogen) atoms. The van der Waals surface area contributed by atoms with Gasteiger partial charge in [-0.05, 0) is 48.2 Å². The first kappa shape index (κ1) is 15.3. The summed E-state index contributed by atoms with van der Waals surface area (Å²) in [4.78, 5) is 0. The second kappa shape index (κ2) is 7.05. The van der Waals surface area contributed by atoms with Crippen LogP contribution in [-0.4, -0.2) is 7.05 Å². The first-order chi connectivity index (χ1) is 9.60. The van der Waals surface area contributed by atoms with Gasteiger partial charge in [-0.1, -0.05) is 66.2 Å². The van der Waals surface area contributed by atoms with Crippen molar-refractivity contribution in [2.24, 2.45) is 0 Å². The van der Waals surface area contributed by atoms with Crippen molar-refractivity contribution in [2.45, 2.75) is 32.2 Å². The minimum absolute atomic E-state index is 0.345. The highest BCUT2D eigenvalue weighted by Gasteiger charge is 2.10. The van der Waals surface area contributed by atoms with Crippen LogP contribution in [0.5, 0.6) is 0 Å². The zero-order valence-electron chi connectivity index (χ0n) is 12.4. The molecule has 0 aromatic heterocycles. The fourth-order valence-corrected chi connectivity index (χ4v) is 2.80. The zero-order chi connectivity index (χ0) is 14.5. The molecule has 0 fully saturated rings. The molecule has 0 spiro atoms. The van der Waals surface area contributed by atoms with E-state index in [0.717, 1.165) is 10.9 Å². The van der Waals surface area contributed by atoms with E-state index in [1.807, 2.05) is 7.05 Å². The summed E-state index contributed by atoms with van der Waals surface area (Å²) in [6.07, 6.45) is 1.01. The highest BCUT2D eigenvalue weighted by Crippen LogP contribution is 2.22. The lowest BCUT2D eigenvalue weighted by Gasteiger charge is -2.17. The molecule has 0 saturated carbocycles. The summed E-state index contributed by atoms with van der Waals surface area (Å²) in [6, 6.07) is 17.8. The summed E-state index contributed by atoms with van der Waals surface area (Å²) < 4.78 is 1.13. The molecule has 0 amide bonds. The lowest BCUT2D eigenvalue weighted by Crippen LogP contribution is -2.18. The Morgan fingerprint density at radius 3 is 2.25 bits per heavy atom. The molecule has 0 aliphatic heterocycles. The van der Waals surface area contributed by atoms with E-state index >= 15 is 0 Å². The molecule has 0 aliphatic rings. The number of nitrogens with one attached hydrogen (secondary N) is 1. The molecule has 2 rings (SSSR count). The molecule has 0 bridgehead atoms. The molecule has 2 aromatic carbocycles. The minimum Gasteiger partial charge on any atom is -0.313 e. The number of hydrogen-bond donors (Lipinski definition) is 1. The van der Waals surface area contributed by atoms with Gasteiger partial charge in [0, 0.05) is 10.5 Å². The van der Waals surface area contributed by atoms with E-state index in [0.29, 0.717) is 12.0 Å². The van der Waals surface area contributed by atoms with Crippen LogP contribution in [-0.2, 0) is 6.42 Å². The van der Waals surface area contributed by atoms with Gasteiger partial charge in [0.1, 0.15) is 0 Å². The first-order valence-corrected chi connectivity index (χ1v) is 7.91. The third kappa shape index (κ3) is 3.94. The highest BCUT2D eigenvalue weighted by atomic mass is 79.9. The van der Waals surface area contributed by atoms with Crippen LogP contribution < -0.4 is 5.32 Å². The van der Waals surface area contributed by atoms with Crippen molar-refractivity contribution in [3.63, 3.8) is 0 Å². The lowest BCUT2D eigenvalue weighted by molar-refractivity contribution is 0.591. The Balaban J connectivity index is 2.14. The van der Waals surface area contributed by atoms with Crippen molar-refractivity contribution in [2.75, 3.05) is 7.05 Å². The van der Waals surface area contributed by atoms with Crippen LogP contribution in [0.3, 0.4) is 0 Å². The molecule has 0 radical (unpaired) electrons. The predicted octanol–water partition coefficient (Wildman–Crippen LogP) is 5.08. The summed E-state index contributed by atoms with van der Waals surface area (Å²) in [7, 11) is 2.02. The van der Waals surface area contributed by atoms with Crippen molar-refractivity contribution in [3.8, 4) is 0 Å². The molecule has 2 heteroatoms. The van der Waals surface area contributed by atoms with E-state index in [2.05, 4.69) is 83.6 Å². The molecule has 2 aromatic rings.